The van der Waals surface area contributed by atoms with Gasteiger partial charge in [-0.3, -0.25) is 14.4 Å². The van der Waals surface area contributed by atoms with Gasteiger partial charge in [-0.05, 0) is 19.3 Å². The number of carbonyl (C=O) groups excluding carboxylic acids is 3. The Bertz CT molecular complexity index is 721. The van der Waals surface area contributed by atoms with Gasteiger partial charge in [0.25, 0.3) is 0 Å². The summed E-state index contributed by atoms with van der Waals surface area (Å²) in [5, 5.41) is 26.0. The van der Waals surface area contributed by atoms with Crippen molar-refractivity contribution < 1.29 is 29.4 Å². The number of H-pyrrole nitrogens is 1. The molecule has 0 aliphatic heterocycles. The van der Waals surface area contributed by atoms with E-state index in [1.807, 2.05) is 13.8 Å². The number of aliphatic hydroxyl groups is 1. The molecule has 1 aromatic heterocycles. The van der Waals surface area contributed by atoms with Crippen molar-refractivity contribution in [2.45, 2.75) is 57.8 Å². The van der Waals surface area contributed by atoms with Gasteiger partial charge in [-0.25, -0.2) is 9.78 Å². The lowest BCUT2D eigenvalue weighted by Crippen LogP contribution is -2.57. The Labute approximate surface area is 174 Å². The van der Waals surface area contributed by atoms with Crippen LogP contribution in [0.5, 0.6) is 0 Å². The van der Waals surface area contributed by atoms with Crippen LogP contribution in [0.15, 0.2) is 12.5 Å². The van der Waals surface area contributed by atoms with Crippen LogP contribution in [0.1, 0.15) is 32.9 Å². The van der Waals surface area contributed by atoms with Gasteiger partial charge in [0.2, 0.25) is 17.7 Å². The molecule has 1 aromatic rings. The van der Waals surface area contributed by atoms with Gasteiger partial charge in [-0.15, -0.1) is 0 Å². The minimum Gasteiger partial charge on any atom is -0.480 e. The number of hydrogen-bond acceptors (Lipinski definition) is 7. The SMILES string of the molecule is CC(C)CC(N)C(=O)NC(C(=O)NCC(=O)NC(Cc1cnc[nH]1)C(=O)O)C(C)O. The molecule has 12 heteroatoms. The highest BCUT2D eigenvalue weighted by molar-refractivity contribution is 5.92. The first-order valence-corrected chi connectivity index (χ1v) is 9.52. The first-order valence-electron chi connectivity index (χ1n) is 9.52. The van der Waals surface area contributed by atoms with E-state index in [0.717, 1.165) is 0 Å². The van der Waals surface area contributed by atoms with Crippen LogP contribution in [-0.4, -0.2) is 74.6 Å². The molecule has 8 N–H and O–H groups in total. The number of aliphatic hydroxyl groups excluding tert-OH is 1. The van der Waals surface area contributed by atoms with E-state index in [1.165, 1.54) is 19.4 Å². The van der Waals surface area contributed by atoms with Crippen molar-refractivity contribution in [2.24, 2.45) is 11.7 Å². The first kappa shape index (κ1) is 25.0. The molecule has 4 atom stereocenters. The number of imidazole rings is 1. The van der Waals surface area contributed by atoms with Crippen LogP contribution < -0.4 is 21.7 Å². The molecule has 12 nitrogen and oxygen atoms in total. The monoisotopic (exact) mass is 426 g/mol. The number of carbonyl (C=O) groups is 4. The maximum atomic E-state index is 12.3. The molecule has 0 spiro atoms. The number of aromatic amines is 1. The molecule has 0 radical (unpaired) electrons. The minimum absolute atomic E-state index is 0.0187. The van der Waals surface area contributed by atoms with E-state index in [9.17, 15) is 29.4 Å². The van der Waals surface area contributed by atoms with Crippen LogP contribution in [0.25, 0.3) is 0 Å². The molecule has 0 aliphatic rings. The molecule has 0 saturated carbocycles. The smallest absolute Gasteiger partial charge is 0.326 e. The number of hydrogen-bond donors (Lipinski definition) is 7. The molecule has 4 unspecified atom stereocenters. The Morgan fingerprint density at radius 1 is 1.17 bits per heavy atom. The Kier molecular flexibility index (Phi) is 9.92. The van der Waals surface area contributed by atoms with Crippen LogP contribution in [0.4, 0.5) is 0 Å². The number of nitrogens with one attached hydrogen (secondary N) is 4. The van der Waals surface area contributed by atoms with E-state index >= 15 is 0 Å². The molecule has 30 heavy (non-hydrogen) atoms. The zero-order valence-corrected chi connectivity index (χ0v) is 17.2. The van der Waals surface area contributed by atoms with Crippen molar-refractivity contribution in [3.8, 4) is 0 Å². The van der Waals surface area contributed by atoms with Crippen molar-refractivity contribution in [1.82, 2.24) is 25.9 Å². The summed E-state index contributed by atoms with van der Waals surface area (Å²) in [6, 6.07) is -3.39. The summed E-state index contributed by atoms with van der Waals surface area (Å²) in [6.45, 7) is 4.55. The van der Waals surface area contributed by atoms with Crippen molar-refractivity contribution in [3.05, 3.63) is 18.2 Å². The number of carboxylic acids is 1. The highest BCUT2D eigenvalue weighted by Gasteiger charge is 2.28. The molecular weight excluding hydrogens is 396 g/mol. The van der Waals surface area contributed by atoms with Gasteiger partial charge in [0.05, 0.1) is 25.0 Å². The Hall–Kier alpha value is -2.99. The second-order valence-electron chi connectivity index (χ2n) is 7.42. The predicted octanol–water partition coefficient (Wildman–Crippen LogP) is -2.12. The summed E-state index contributed by atoms with van der Waals surface area (Å²) in [7, 11) is 0. The number of carboxylic acid groups (broad SMARTS) is 1. The number of nitrogens with zero attached hydrogens (tertiary/aromatic N) is 1. The topological polar surface area (TPSA) is 200 Å². The molecule has 3 amide bonds. The van der Waals surface area contributed by atoms with E-state index in [1.54, 1.807) is 0 Å². The molecule has 0 aliphatic carbocycles. The molecule has 0 aromatic carbocycles. The molecule has 1 rings (SSSR count). The fourth-order valence-corrected chi connectivity index (χ4v) is 2.62. The van der Waals surface area contributed by atoms with Gasteiger partial charge in [0.15, 0.2) is 0 Å². The summed E-state index contributed by atoms with van der Waals surface area (Å²) >= 11 is 0. The average Bonchev–Trinajstić information content (AvgIpc) is 3.15. The van der Waals surface area contributed by atoms with Crippen LogP contribution in [0, 0.1) is 5.92 Å². The molecule has 0 bridgehead atoms. The van der Waals surface area contributed by atoms with Gasteiger partial charge in [0.1, 0.15) is 12.1 Å². The third-order valence-corrected chi connectivity index (χ3v) is 4.16. The molecule has 1 heterocycles. The summed E-state index contributed by atoms with van der Waals surface area (Å²) < 4.78 is 0. The van der Waals surface area contributed by atoms with E-state index in [4.69, 9.17) is 5.73 Å². The van der Waals surface area contributed by atoms with Crippen molar-refractivity contribution in [2.75, 3.05) is 6.54 Å². The van der Waals surface area contributed by atoms with Crippen LogP contribution >= 0.6 is 0 Å². The van der Waals surface area contributed by atoms with E-state index < -0.39 is 54.5 Å². The summed E-state index contributed by atoms with van der Waals surface area (Å²) in [5.41, 5.74) is 6.29. The van der Waals surface area contributed by atoms with Crippen LogP contribution in [0.2, 0.25) is 0 Å². The number of amides is 3. The minimum atomic E-state index is -1.32. The average molecular weight is 426 g/mol. The first-order chi connectivity index (χ1) is 14.0. The number of aromatic nitrogens is 2. The third kappa shape index (κ3) is 8.57. The maximum Gasteiger partial charge on any atom is 0.326 e. The summed E-state index contributed by atoms with van der Waals surface area (Å²) in [5.74, 6) is -3.23. The zero-order chi connectivity index (χ0) is 22.8. The van der Waals surface area contributed by atoms with Gasteiger partial charge < -0.3 is 36.9 Å². The predicted molar refractivity (Wildman–Crippen MR) is 106 cm³/mol. The van der Waals surface area contributed by atoms with Crippen molar-refractivity contribution >= 4 is 23.7 Å². The second-order valence-corrected chi connectivity index (χ2v) is 7.42. The lowest BCUT2D eigenvalue weighted by molar-refractivity contribution is -0.141. The van der Waals surface area contributed by atoms with E-state index in [0.29, 0.717) is 12.1 Å². The van der Waals surface area contributed by atoms with Gasteiger partial charge >= 0.3 is 5.97 Å². The maximum absolute atomic E-state index is 12.3. The van der Waals surface area contributed by atoms with Crippen molar-refractivity contribution in [3.63, 3.8) is 0 Å². The Morgan fingerprint density at radius 2 is 1.83 bits per heavy atom. The van der Waals surface area contributed by atoms with Crippen LogP contribution in [0.3, 0.4) is 0 Å². The molecule has 168 valence electrons. The highest BCUT2D eigenvalue weighted by atomic mass is 16.4. The summed E-state index contributed by atoms with van der Waals surface area (Å²) in [6.07, 6.45) is 1.96. The number of aliphatic carboxylic acids is 1. The van der Waals surface area contributed by atoms with Crippen molar-refractivity contribution in [1.29, 1.82) is 0 Å². The molecular formula is C18H30N6O6. The number of nitrogens with two attached hydrogens (primary N) is 1. The van der Waals surface area contributed by atoms with Gasteiger partial charge in [-0.1, -0.05) is 13.8 Å². The van der Waals surface area contributed by atoms with E-state index in [2.05, 4.69) is 25.9 Å². The van der Waals surface area contributed by atoms with Crippen LogP contribution in [-0.2, 0) is 25.6 Å². The van der Waals surface area contributed by atoms with Gasteiger partial charge in [-0.2, -0.15) is 0 Å². The fraction of sp³-hybridized carbons (Fsp3) is 0.611. The lowest BCUT2D eigenvalue weighted by Gasteiger charge is -2.23. The fourth-order valence-electron chi connectivity index (χ4n) is 2.62. The highest BCUT2D eigenvalue weighted by Crippen LogP contribution is 2.04. The standard InChI is InChI=1S/C18H30N6O6/c1-9(2)4-12(19)16(27)24-15(10(3)25)17(28)21-7-14(26)23-13(18(29)30)5-11-6-20-8-22-11/h6,8-10,12-13,15,25H,4-5,7,19H2,1-3H3,(H,20,22)(H,21,28)(H,23,26)(H,24,27)(H,29,30). The largest absolute Gasteiger partial charge is 0.480 e. The second kappa shape index (κ2) is 11.9. The quantitative estimate of drug-likeness (QED) is 0.196. The molecule has 0 fully saturated rings. The van der Waals surface area contributed by atoms with E-state index in [-0.39, 0.29) is 12.3 Å². The third-order valence-electron chi connectivity index (χ3n) is 4.16. The zero-order valence-electron chi connectivity index (χ0n) is 17.2. The number of rotatable bonds is 12. The lowest BCUT2D eigenvalue weighted by atomic mass is 10.0. The molecule has 0 saturated heterocycles. The van der Waals surface area contributed by atoms with Gasteiger partial charge in [0, 0.05) is 18.3 Å². The Balaban J connectivity index is 2.60. The summed E-state index contributed by atoms with van der Waals surface area (Å²) in [4.78, 5) is 54.3. The Morgan fingerprint density at radius 3 is 2.33 bits per heavy atom. The normalized spacial score (nSPS) is 15.0.